The second-order valence-electron chi connectivity index (χ2n) is 5.05. The molecule has 0 aliphatic rings. The second-order valence-corrected chi connectivity index (χ2v) is 5.89. The van der Waals surface area contributed by atoms with Crippen molar-refractivity contribution in [1.29, 1.82) is 0 Å². The molecule has 118 valence electrons. The van der Waals surface area contributed by atoms with Crippen molar-refractivity contribution in [2.75, 3.05) is 0 Å². The lowest BCUT2D eigenvalue weighted by molar-refractivity contribution is 0.625. The molecule has 0 radical (unpaired) electrons. The van der Waals surface area contributed by atoms with Gasteiger partial charge in [-0.25, -0.2) is 9.18 Å². The van der Waals surface area contributed by atoms with Crippen LogP contribution in [0.25, 0.3) is 5.69 Å². The Balaban J connectivity index is 2.02. The van der Waals surface area contributed by atoms with E-state index in [9.17, 15) is 9.18 Å². The van der Waals surface area contributed by atoms with Gasteiger partial charge in [0.15, 0.2) is 0 Å². The van der Waals surface area contributed by atoms with E-state index >= 15 is 0 Å². The van der Waals surface area contributed by atoms with Gasteiger partial charge in [0.25, 0.3) is 0 Å². The zero-order chi connectivity index (χ0) is 16.6. The molecule has 0 bridgehead atoms. The van der Waals surface area contributed by atoms with Crippen molar-refractivity contribution in [1.82, 2.24) is 14.3 Å². The van der Waals surface area contributed by atoms with E-state index in [1.807, 2.05) is 0 Å². The molecule has 0 unspecified atom stereocenters. The van der Waals surface area contributed by atoms with E-state index in [-0.39, 0.29) is 11.5 Å². The van der Waals surface area contributed by atoms with Crippen LogP contribution in [0.3, 0.4) is 0 Å². The fourth-order valence-corrected chi connectivity index (χ4v) is 2.75. The van der Waals surface area contributed by atoms with Gasteiger partial charge in [-0.2, -0.15) is 9.78 Å². The zero-order valence-electron chi connectivity index (χ0n) is 12.1. The molecule has 1 aromatic heterocycles. The normalized spacial score (nSPS) is 11.0. The largest absolute Gasteiger partial charge is 0.351 e. The molecule has 0 fully saturated rings. The van der Waals surface area contributed by atoms with Crippen LogP contribution in [0.4, 0.5) is 4.39 Å². The van der Waals surface area contributed by atoms with Crippen LogP contribution in [0.15, 0.2) is 47.3 Å². The summed E-state index contributed by atoms with van der Waals surface area (Å²) in [5.41, 5.74) is 0.941. The number of hydrogen-bond donors (Lipinski definition) is 0. The first-order valence-electron chi connectivity index (χ1n) is 6.82. The number of rotatable bonds is 3. The third kappa shape index (κ3) is 3.16. The first-order valence-corrected chi connectivity index (χ1v) is 7.57. The lowest BCUT2D eigenvalue weighted by Gasteiger charge is -2.04. The van der Waals surface area contributed by atoms with Crippen molar-refractivity contribution < 1.29 is 4.39 Å². The van der Waals surface area contributed by atoms with Gasteiger partial charge in [0.2, 0.25) is 0 Å². The summed E-state index contributed by atoms with van der Waals surface area (Å²) in [6.07, 6.45) is 0. The zero-order valence-corrected chi connectivity index (χ0v) is 13.6. The van der Waals surface area contributed by atoms with Crippen LogP contribution in [0.2, 0.25) is 10.0 Å². The molecule has 0 N–H and O–H groups in total. The first-order chi connectivity index (χ1) is 11.0. The Kier molecular flexibility index (Phi) is 4.24. The highest BCUT2D eigenvalue weighted by atomic mass is 35.5. The topological polar surface area (TPSA) is 39.8 Å². The van der Waals surface area contributed by atoms with Crippen molar-refractivity contribution in [3.63, 3.8) is 0 Å². The van der Waals surface area contributed by atoms with E-state index in [1.54, 1.807) is 37.3 Å². The Morgan fingerprint density at radius 3 is 2.48 bits per heavy atom. The lowest BCUT2D eigenvalue weighted by Crippen LogP contribution is -2.24. The van der Waals surface area contributed by atoms with Gasteiger partial charge in [-0.3, -0.25) is 4.57 Å². The van der Waals surface area contributed by atoms with Gasteiger partial charge < -0.3 is 0 Å². The van der Waals surface area contributed by atoms with Crippen molar-refractivity contribution in [2.45, 2.75) is 13.5 Å². The average Bonchev–Trinajstić information content (AvgIpc) is 2.77. The van der Waals surface area contributed by atoms with Crippen LogP contribution >= 0.6 is 23.2 Å². The van der Waals surface area contributed by atoms with E-state index in [0.717, 1.165) is 5.56 Å². The van der Waals surface area contributed by atoms with Crippen LogP contribution in [0.1, 0.15) is 11.4 Å². The van der Waals surface area contributed by atoms with Crippen LogP contribution in [0, 0.1) is 12.7 Å². The summed E-state index contributed by atoms with van der Waals surface area (Å²) in [6.45, 7) is 2.03. The first kappa shape index (κ1) is 15.8. The highest BCUT2D eigenvalue weighted by Crippen LogP contribution is 2.23. The number of aromatic nitrogens is 3. The quantitative estimate of drug-likeness (QED) is 0.719. The number of halogens is 3. The minimum atomic E-state index is -0.323. The third-order valence-electron chi connectivity index (χ3n) is 3.44. The maximum atomic E-state index is 13.0. The fraction of sp³-hybridized carbons (Fsp3) is 0.125. The van der Waals surface area contributed by atoms with Crippen molar-refractivity contribution in [3.05, 3.63) is 80.2 Å². The van der Waals surface area contributed by atoms with E-state index < -0.39 is 0 Å². The van der Waals surface area contributed by atoms with Crippen LogP contribution in [-0.4, -0.2) is 14.3 Å². The van der Waals surface area contributed by atoms with E-state index in [1.165, 1.54) is 21.4 Å². The summed E-state index contributed by atoms with van der Waals surface area (Å²) >= 11 is 12.0. The maximum absolute atomic E-state index is 13.0. The molecule has 0 amide bonds. The number of aryl methyl sites for hydroxylation is 1. The third-order valence-corrected chi connectivity index (χ3v) is 3.98. The number of nitrogens with zero attached hydrogens (tertiary/aromatic N) is 3. The molecule has 0 aliphatic carbocycles. The van der Waals surface area contributed by atoms with Crippen LogP contribution in [0.5, 0.6) is 0 Å². The van der Waals surface area contributed by atoms with Crippen molar-refractivity contribution >= 4 is 23.2 Å². The molecule has 0 spiro atoms. The standard InChI is InChI=1S/C16H12Cl2FN3O/c1-10-20-22(15-7-4-12(17)8-14(15)18)16(23)21(10)9-11-2-5-13(19)6-3-11/h2-8H,9H2,1H3. The van der Waals surface area contributed by atoms with Gasteiger partial charge in [0, 0.05) is 5.02 Å². The van der Waals surface area contributed by atoms with Crippen molar-refractivity contribution in [2.24, 2.45) is 0 Å². The summed E-state index contributed by atoms with van der Waals surface area (Å²) in [5, 5.41) is 5.07. The smallest absolute Gasteiger partial charge is 0.274 e. The Morgan fingerprint density at radius 1 is 1.13 bits per heavy atom. The van der Waals surface area contributed by atoms with Gasteiger partial charge in [0.1, 0.15) is 11.6 Å². The van der Waals surface area contributed by atoms with Gasteiger partial charge in [-0.1, -0.05) is 35.3 Å². The molecule has 23 heavy (non-hydrogen) atoms. The minimum Gasteiger partial charge on any atom is -0.274 e. The minimum absolute atomic E-state index is 0.302. The number of hydrogen-bond acceptors (Lipinski definition) is 2. The van der Waals surface area contributed by atoms with Gasteiger partial charge in [0.05, 0.1) is 17.3 Å². The van der Waals surface area contributed by atoms with E-state index in [0.29, 0.717) is 28.1 Å². The average molecular weight is 352 g/mol. The van der Waals surface area contributed by atoms with Crippen LogP contribution in [-0.2, 0) is 6.54 Å². The maximum Gasteiger partial charge on any atom is 0.351 e. The summed E-state index contributed by atoms with van der Waals surface area (Å²) in [7, 11) is 0. The molecule has 3 rings (SSSR count). The molecule has 2 aromatic carbocycles. The van der Waals surface area contributed by atoms with E-state index in [4.69, 9.17) is 23.2 Å². The molecule has 3 aromatic rings. The van der Waals surface area contributed by atoms with Gasteiger partial charge >= 0.3 is 5.69 Å². The molecular weight excluding hydrogens is 340 g/mol. The van der Waals surface area contributed by atoms with Crippen molar-refractivity contribution in [3.8, 4) is 5.69 Å². The van der Waals surface area contributed by atoms with E-state index in [2.05, 4.69) is 5.10 Å². The van der Waals surface area contributed by atoms with Gasteiger partial charge in [-0.15, -0.1) is 0 Å². The number of benzene rings is 2. The van der Waals surface area contributed by atoms with Crippen LogP contribution < -0.4 is 5.69 Å². The molecule has 7 heteroatoms. The highest BCUT2D eigenvalue weighted by molar-refractivity contribution is 6.35. The Labute approximate surface area is 141 Å². The molecule has 0 aliphatic heterocycles. The fourth-order valence-electron chi connectivity index (χ4n) is 2.26. The lowest BCUT2D eigenvalue weighted by atomic mass is 10.2. The summed E-state index contributed by atoms with van der Waals surface area (Å²) < 4.78 is 15.7. The molecule has 0 atom stereocenters. The Hall–Kier alpha value is -2.11. The monoisotopic (exact) mass is 351 g/mol. The predicted octanol–water partition coefficient (Wildman–Crippen LogP) is 3.84. The molecule has 0 saturated heterocycles. The SMILES string of the molecule is Cc1nn(-c2ccc(Cl)cc2Cl)c(=O)n1Cc1ccc(F)cc1. The van der Waals surface area contributed by atoms with Gasteiger partial charge in [-0.05, 0) is 42.8 Å². The molecule has 0 saturated carbocycles. The molecule has 1 heterocycles. The summed E-state index contributed by atoms with van der Waals surface area (Å²) in [4.78, 5) is 12.6. The molecular formula is C16H12Cl2FN3O. The summed E-state index contributed by atoms with van der Waals surface area (Å²) in [6, 6.07) is 10.8. The summed E-state index contributed by atoms with van der Waals surface area (Å²) in [5.74, 6) is 0.215. The Morgan fingerprint density at radius 2 is 1.83 bits per heavy atom. The Bertz CT molecular complexity index is 916. The predicted molar refractivity (Wildman–Crippen MR) is 88.1 cm³/mol. The second kappa shape index (κ2) is 6.18. The molecule has 4 nitrogen and oxygen atoms in total. The highest BCUT2D eigenvalue weighted by Gasteiger charge is 2.14.